The first-order valence-electron chi connectivity index (χ1n) is 10.2. The maximum Gasteiger partial charge on any atom is 0.209 e. The lowest BCUT2D eigenvalue weighted by atomic mass is 9.87. The molecule has 0 atom stereocenters. The second-order valence-corrected chi connectivity index (χ2v) is 9.73. The number of hydrogen-bond acceptors (Lipinski definition) is 5. The van der Waals surface area contributed by atoms with Crippen LogP contribution < -0.4 is 10.6 Å². The lowest BCUT2D eigenvalue weighted by molar-refractivity contribution is 0.348. The van der Waals surface area contributed by atoms with Gasteiger partial charge in [0.15, 0.2) is 16.0 Å². The van der Waals surface area contributed by atoms with Crippen molar-refractivity contribution in [3.05, 3.63) is 54.4 Å². The van der Waals surface area contributed by atoms with E-state index in [-0.39, 0.29) is 5.25 Å². The van der Waals surface area contributed by atoms with Gasteiger partial charge < -0.3 is 5.32 Å². The summed E-state index contributed by atoms with van der Waals surface area (Å²) in [5.74, 6) is 0.974. The predicted octanol–water partition coefficient (Wildman–Crippen LogP) is 3.86. The summed E-state index contributed by atoms with van der Waals surface area (Å²) in [5, 5.41) is 14.2. The van der Waals surface area contributed by atoms with E-state index in [1.807, 2.05) is 6.19 Å². The molecule has 0 unspecified atom stereocenters. The van der Waals surface area contributed by atoms with Gasteiger partial charge in [-0.1, -0.05) is 25.5 Å². The van der Waals surface area contributed by atoms with E-state index in [4.69, 9.17) is 5.26 Å². The number of sulfone groups is 1. The molecule has 1 saturated carbocycles. The maximum absolute atomic E-state index is 13.0. The molecule has 0 radical (unpaired) electrons. The van der Waals surface area contributed by atoms with E-state index in [0.29, 0.717) is 23.3 Å². The van der Waals surface area contributed by atoms with Gasteiger partial charge in [-0.25, -0.2) is 13.4 Å². The van der Waals surface area contributed by atoms with E-state index in [9.17, 15) is 8.42 Å². The quantitative estimate of drug-likeness (QED) is 0.315. The maximum atomic E-state index is 13.0. The molecule has 1 aliphatic rings. The highest BCUT2D eigenvalue weighted by Crippen LogP contribution is 2.33. The second kappa shape index (κ2) is 10.2. The molecule has 2 aromatic rings. The predicted molar refractivity (Wildman–Crippen MR) is 117 cm³/mol. The van der Waals surface area contributed by atoms with Gasteiger partial charge in [0, 0.05) is 18.1 Å². The third kappa shape index (κ3) is 5.57. The Hall–Kier alpha value is -2.92. The molecular weight excluding hydrogens is 398 g/mol. The molecule has 1 aromatic carbocycles. The molecule has 3 rings (SSSR count). The summed E-state index contributed by atoms with van der Waals surface area (Å²) in [5.41, 5.74) is 1.61. The van der Waals surface area contributed by atoms with Crippen LogP contribution in [0, 0.1) is 17.4 Å². The number of pyridine rings is 1. The zero-order valence-corrected chi connectivity index (χ0v) is 17.9. The average Bonchev–Trinajstić information content (AvgIpc) is 2.78. The van der Waals surface area contributed by atoms with Crippen LogP contribution in [0.3, 0.4) is 0 Å². The number of aliphatic imine (C=N–C) groups is 1. The Labute approximate surface area is 178 Å². The van der Waals surface area contributed by atoms with Gasteiger partial charge in [0.2, 0.25) is 5.96 Å². The monoisotopic (exact) mass is 425 g/mol. The van der Waals surface area contributed by atoms with E-state index in [1.165, 1.54) is 0 Å². The van der Waals surface area contributed by atoms with Gasteiger partial charge in [0.05, 0.1) is 16.7 Å². The van der Waals surface area contributed by atoms with Gasteiger partial charge in [0.25, 0.3) is 0 Å². The minimum absolute atomic E-state index is 0.278. The van der Waals surface area contributed by atoms with Crippen LogP contribution in [0.2, 0.25) is 0 Å². The van der Waals surface area contributed by atoms with Crippen molar-refractivity contribution in [2.75, 3.05) is 5.32 Å². The van der Waals surface area contributed by atoms with Gasteiger partial charge in [-0.15, -0.1) is 0 Å². The Kier molecular flexibility index (Phi) is 7.41. The fourth-order valence-corrected chi connectivity index (χ4v) is 5.53. The minimum Gasteiger partial charge on any atom is -0.325 e. The number of nitriles is 1. The van der Waals surface area contributed by atoms with E-state index < -0.39 is 9.84 Å². The van der Waals surface area contributed by atoms with Gasteiger partial charge in [-0.2, -0.15) is 5.26 Å². The van der Waals surface area contributed by atoms with Crippen molar-refractivity contribution in [3.63, 3.8) is 0 Å². The topological polar surface area (TPSA) is 107 Å². The molecule has 0 spiro atoms. The van der Waals surface area contributed by atoms with Crippen molar-refractivity contribution in [1.82, 2.24) is 10.3 Å². The van der Waals surface area contributed by atoms with E-state index in [2.05, 4.69) is 27.5 Å². The normalized spacial score (nSPS) is 19.7. The highest BCUT2D eigenvalue weighted by molar-refractivity contribution is 7.92. The summed E-state index contributed by atoms with van der Waals surface area (Å²) in [6.45, 7) is 2.48. The zero-order chi connectivity index (χ0) is 21.4. The Balaban J connectivity index is 1.66. The van der Waals surface area contributed by atoms with Crippen LogP contribution in [-0.4, -0.2) is 24.6 Å². The fourth-order valence-electron chi connectivity index (χ4n) is 3.73. The van der Waals surface area contributed by atoms with E-state index >= 15 is 0 Å². The molecule has 8 heteroatoms. The van der Waals surface area contributed by atoms with Crippen molar-refractivity contribution >= 4 is 21.5 Å². The molecule has 30 heavy (non-hydrogen) atoms. The van der Waals surface area contributed by atoms with Gasteiger partial charge in [-0.3, -0.25) is 10.3 Å². The lowest BCUT2D eigenvalue weighted by Gasteiger charge is -2.27. The average molecular weight is 426 g/mol. The number of benzene rings is 1. The Bertz CT molecular complexity index is 990. The summed E-state index contributed by atoms with van der Waals surface area (Å²) in [6.07, 6.45) is 9.74. The third-order valence-electron chi connectivity index (χ3n) is 5.60. The Morgan fingerprint density at radius 3 is 2.40 bits per heavy atom. The number of hydrogen-bond donors (Lipinski definition) is 2. The summed E-state index contributed by atoms with van der Waals surface area (Å²) in [7, 11) is -3.30. The standard InChI is InChI=1S/C22H27N5O2S/c1-2-17-3-7-20(8-4-17)30(28,29)21-9-5-18(6-10-21)15-25-22(26-16-23)27-19-11-13-24-14-12-19/h5-6,9-14,17,20H,2-4,7-8,15H2,1H3,(H2,24,25,26,27). The van der Waals surface area contributed by atoms with Crippen LogP contribution in [0.5, 0.6) is 0 Å². The first-order chi connectivity index (χ1) is 14.5. The molecular formula is C22H27N5O2S. The van der Waals surface area contributed by atoms with E-state index in [0.717, 1.165) is 43.4 Å². The number of anilines is 1. The molecule has 158 valence electrons. The van der Waals surface area contributed by atoms with Crippen LogP contribution in [0.4, 0.5) is 5.69 Å². The van der Waals surface area contributed by atoms with E-state index in [1.54, 1.807) is 48.8 Å². The first-order valence-corrected chi connectivity index (χ1v) is 11.8. The molecule has 0 saturated heterocycles. The number of rotatable bonds is 6. The summed E-state index contributed by atoms with van der Waals surface area (Å²) in [6, 6.07) is 10.4. The number of guanidine groups is 1. The van der Waals surface area contributed by atoms with Crippen LogP contribution in [-0.2, 0) is 16.4 Å². The number of aromatic nitrogens is 1. The molecule has 0 amide bonds. The fraction of sp³-hybridized carbons (Fsp3) is 0.409. The van der Waals surface area contributed by atoms with Crippen molar-refractivity contribution in [2.45, 2.75) is 55.7 Å². The number of nitrogens with zero attached hydrogens (tertiary/aromatic N) is 3. The highest BCUT2D eigenvalue weighted by Gasteiger charge is 2.31. The summed E-state index contributed by atoms with van der Waals surface area (Å²) < 4.78 is 25.9. The smallest absolute Gasteiger partial charge is 0.209 e. The van der Waals surface area contributed by atoms with Crippen molar-refractivity contribution in [3.8, 4) is 6.19 Å². The second-order valence-electron chi connectivity index (χ2n) is 7.50. The molecule has 1 heterocycles. The van der Waals surface area contributed by atoms with Crippen molar-refractivity contribution in [2.24, 2.45) is 10.9 Å². The molecule has 1 fully saturated rings. The van der Waals surface area contributed by atoms with Gasteiger partial charge in [0.1, 0.15) is 0 Å². The third-order valence-corrected chi connectivity index (χ3v) is 7.88. The van der Waals surface area contributed by atoms with Gasteiger partial charge in [-0.05, 0) is 61.4 Å². The van der Waals surface area contributed by atoms with Crippen LogP contribution in [0.15, 0.2) is 58.7 Å². The van der Waals surface area contributed by atoms with Crippen LogP contribution in [0.25, 0.3) is 0 Å². The number of nitrogens with one attached hydrogen (secondary N) is 2. The minimum atomic E-state index is -3.30. The summed E-state index contributed by atoms with van der Waals surface area (Å²) >= 11 is 0. The largest absolute Gasteiger partial charge is 0.325 e. The van der Waals surface area contributed by atoms with Crippen molar-refractivity contribution < 1.29 is 8.42 Å². The molecule has 1 aliphatic carbocycles. The van der Waals surface area contributed by atoms with Gasteiger partial charge >= 0.3 is 0 Å². The highest BCUT2D eigenvalue weighted by atomic mass is 32.2. The van der Waals surface area contributed by atoms with Crippen molar-refractivity contribution in [1.29, 1.82) is 5.26 Å². The first kappa shape index (κ1) is 21.8. The zero-order valence-electron chi connectivity index (χ0n) is 17.1. The Morgan fingerprint density at radius 1 is 1.13 bits per heavy atom. The Morgan fingerprint density at radius 2 is 1.80 bits per heavy atom. The summed E-state index contributed by atoms with van der Waals surface area (Å²) in [4.78, 5) is 8.70. The molecule has 1 aromatic heterocycles. The molecule has 0 bridgehead atoms. The molecule has 0 aliphatic heterocycles. The molecule has 7 nitrogen and oxygen atoms in total. The lowest BCUT2D eigenvalue weighted by Crippen LogP contribution is -2.27. The van der Waals surface area contributed by atoms with Crippen LogP contribution >= 0.6 is 0 Å². The molecule has 2 N–H and O–H groups in total. The SMILES string of the molecule is CCC1CCC(S(=O)(=O)c2ccc(CN=C(NC#N)Nc3ccncc3)cc2)CC1. The van der Waals surface area contributed by atoms with Crippen LogP contribution in [0.1, 0.15) is 44.6 Å².